The van der Waals surface area contributed by atoms with Crippen LogP contribution in [0.2, 0.25) is 5.02 Å². The van der Waals surface area contributed by atoms with Crippen LogP contribution >= 0.6 is 50.7 Å². The lowest BCUT2D eigenvalue weighted by molar-refractivity contribution is -0.131. The Hall–Kier alpha value is -2.00. The molecular formula is C16H10BrCl3N2O5. The van der Waals surface area contributed by atoms with Gasteiger partial charge in [-0.3, -0.25) is 4.79 Å². The van der Waals surface area contributed by atoms with E-state index >= 15 is 0 Å². The molecule has 0 aliphatic carbocycles. The minimum atomic E-state index is -1.42. The van der Waals surface area contributed by atoms with Gasteiger partial charge >= 0.3 is 11.9 Å². The van der Waals surface area contributed by atoms with E-state index in [-0.39, 0.29) is 17.4 Å². The van der Waals surface area contributed by atoms with Crippen molar-refractivity contribution < 1.29 is 23.8 Å². The molecule has 0 atom stereocenters. The quantitative estimate of drug-likeness (QED) is 0.327. The minimum Gasteiger partial charge on any atom is -0.484 e. The van der Waals surface area contributed by atoms with E-state index in [1.54, 1.807) is 24.3 Å². The number of nitrogens with zero attached hydrogens (tertiary/aromatic N) is 1. The van der Waals surface area contributed by atoms with Crippen molar-refractivity contribution in [3.63, 3.8) is 0 Å². The predicted octanol–water partition coefficient (Wildman–Crippen LogP) is 4.76. The van der Waals surface area contributed by atoms with Gasteiger partial charge in [-0.1, -0.05) is 50.7 Å². The molecule has 0 saturated carbocycles. The number of furan rings is 1. The van der Waals surface area contributed by atoms with Crippen LogP contribution in [0.25, 0.3) is 0 Å². The first-order valence-corrected chi connectivity index (χ1v) is 8.99. The number of carboxylic acid groups (broad SMARTS) is 1. The first-order chi connectivity index (χ1) is 12.8. The molecule has 0 spiro atoms. The number of halogens is 4. The van der Waals surface area contributed by atoms with E-state index in [0.29, 0.717) is 16.5 Å². The van der Waals surface area contributed by atoms with E-state index in [9.17, 15) is 9.59 Å². The summed E-state index contributed by atoms with van der Waals surface area (Å²) < 4.78 is 11.7. The lowest BCUT2D eigenvalue weighted by atomic mass is 10.3. The summed E-state index contributed by atoms with van der Waals surface area (Å²) in [5.41, 5.74) is 2.13. The standard InChI is InChI=1S/C16H10BrCl3N2O5/c17-8-1-3-12(10(18)5-8)26-7-9-2-4-13(27-9)15(23)22-21-6-11(19)14(20)16(24)25/h1-6H,7H2,(H,22,23)(H,24,25)/b14-11+,21-6-. The molecule has 2 rings (SSSR count). The number of carboxylic acids is 1. The van der Waals surface area contributed by atoms with Crippen molar-refractivity contribution in [3.8, 4) is 5.75 Å². The molecule has 27 heavy (non-hydrogen) atoms. The maximum absolute atomic E-state index is 11.9. The summed E-state index contributed by atoms with van der Waals surface area (Å²) in [6.45, 7) is 0.0562. The van der Waals surface area contributed by atoms with Crippen LogP contribution in [0.3, 0.4) is 0 Å². The van der Waals surface area contributed by atoms with Crippen LogP contribution in [0.5, 0.6) is 5.75 Å². The molecular weight excluding hydrogens is 486 g/mol. The Morgan fingerprint density at radius 2 is 2.04 bits per heavy atom. The van der Waals surface area contributed by atoms with Crippen LogP contribution < -0.4 is 10.2 Å². The molecule has 0 fully saturated rings. The monoisotopic (exact) mass is 494 g/mol. The van der Waals surface area contributed by atoms with Gasteiger partial charge in [-0.2, -0.15) is 5.10 Å². The fourth-order valence-electron chi connectivity index (χ4n) is 1.68. The van der Waals surface area contributed by atoms with Gasteiger partial charge in [0.2, 0.25) is 0 Å². The molecule has 0 saturated heterocycles. The number of aliphatic carboxylic acids is 1. The second-order valence-electron chi connectivity index (χ2n) is 4.80. The largest absolute Gasteiger partial charge is 0.484 e. The number of hydrazone groups is 1. The number of nitrogens with one attached hydrogen (secondary N) is 1. The van der Waals surface area contributed by atoms with Crippen molar-refractivity contribution in [3.05, 3.63) is 61.4 Å². The van der Waals surface area contributed by atoms with Crippen LogP contribution in [0.15, 0.2) is 54.4 Å². The molecule has 1 aromatic heterocycles. The van der Waals surface area contributed by atoms with Gasteiger partial charge in [-0.05, 0) is 30.3 Å². The molecule has 1 heterocycles. The molecule has 1 amide bonds. The number of benzene rings is 1. The number of carbonyl (C=O) groups is 2. The maximum atomic E-state index is 11.9. The van der Waals surface area contributed by atoms with Gasteiger partial charge in [0, 0.05) is 4.47 Å². The topological polar surface area (TPSA) is 101 Å². The lowest BCUT2D eigenvalue weighted by Gasteiger charge is -2.06. The van der Waals surface area contributed by atoms with E-state index in [1.165, 1.54) is 6.07 Å². The molecule has 1 aromatic carbocycles. The molecule has 0 radical (unpaired) electrons. The zero-order valence-corrected chi connectivity index (χ0v) is 17.1. The molecule has 2 N–H and O–H groups in total. The van der Waals surface area contributed by atoms with Crippen molar-refractivity contribution in [1.82, 2.24) is 5.43 Å². The van der Waals surface area contributed by atoms with Crippen molar-refractivity contribution >= 4 is 68.8 Å². The Balaban J connectivity index is 1.93. The summed E-state index contributed by atoms with van der Waals surface area (Å²) in [6.07, 6.45) is 0.887. The van der Waals surface area contributed by atoms with Gasteiger partial charge in [0.15, 0.2) is 5.76 Å². The smallest absolute Gasteiger partial charge is 0.348 e. The Labute approximate surface area is 176 Å². The van der Waals surface area contributed by atoms with E-state index in [1.807, 2.05) is 0 Å². The van der Waals surface area contributed by atoms with Gasteiger partial charge in [0.1, 0.15) is 23.1 Å². The maximum Gasteiger partial charge on any atom is 0.348 e. The van der Waals surface area contributed by atoms with Crippen molar-refractivity contribution in [2.75, 3.05) is 0 Å². The van der Waals surface area contributed by atoms with E-state index in [4.69, 9.17) is 49.1 Å². The number of allylic oxidation sites excluding steroid dienone is 1. The zero-order chi connectivity index (χ0) is 20.0. The highest BCUT2D eigenvalue weighted by molar-refractivity contribution is 9.10. The fourth-order valence-corrected chi connectivity index (χ4v) is 2.59. The highest BCUT2D eigenvalue weighted by Crippen LogP contribution is 2.28. The summed E-state index contributed by atoms with van der Waals surface area (Å²) >= 11 is 20.3. The van der Waals surface area contributed by atoms with Crippen LogP contribution in [0, 0.1) is 0 Å². The first-order valence-electron chi connectivity index (χ1n) is 7.06. The zero-order valence-electron chi connectivity index (χ0n) is 13.2. The van der Waals surface area contributed by atoms with Crippen LogP contribution in [0.1, 0.15) is 16.3 Å². The predicted molar refractivity (Wildman–Crippen MR) is 105 cm³/mol. The minimum absolute atomic E-state index is 0.0305. The Morgan fingerprint density at radius 3 is 2.70 bits per heavy atom. The highest BCUT2D eigenvalue weighted by Gasteiger charge is 2.12. The van der Waals surface area contributed by atoms with Crippen LogP contribution in [0.4, 0.5) is 0 Å². The lowest BCUT2D eigenvalue weighted by Crippen LogP contribution is -2.16. The molecule has 0 aliphatic heterocycles. The number of ether oxygens (including phenoxy) is 1. The first kappa shape index (κ1) is 21.3. The summed E-state index contributed by atoms with van der Waals surface area (Å²) in [5, 5.41) is 11.6. The van der Waals surface area contributed by atoms with E-state index in [2.05, 4.69) is 26.5 Å². The third-order valence-corrected chi connectivity index (χ3v) is 4.43. The average Bonchev–Trinajstić information content (AvgIpc) is 3.09. The highest BCUT2D eigenvalue weighted by atomic mass is 79.9. The Morgan fingerprint density at radius 1 is 1.30 bits per heavy atom. The Bertz CT molecular complexity index is 927. The summed E-state index contributed by atoms with van der Waals surface area (Å²) in [7, 11) is 0. The third-order valence-electron chi connectivity index (χ3n) is 2.89. The van der Waals surface area contributed by atoms with Crippen LogP contribution in [-0.2, 0) is 11.4 Å². The van der Waals surface area contributed by atoms with Gasteiger partial charge < -0.3 is 14.3 Å². The average molecular weight is 497 g/mol. The van der Waals surface area contributed by atoms with E-state index < -0.39 is 16.9 Å². The molecule has 2 aromatic rings. The molecule has 11 heteroatoms. The molecule has 142 valence electrons. The summed E-state index contributed by atoms with van der Waals surface area (Å²) in [4.78, 5) is 22.5. The number of hydrogen-bond donors (Lipinski definition) is 2. The number of carbonyl (C=O) groups excluding carboxylic acids is 1. The molecule has 0 aliphatic rings. The molecule has 0 bridgehead atoms. The Kier molecular flexibility index (Phi) is 7.73. The number of amides is 1. The molecule has 7 nitrogen and oxygen atoms in total. The van der Waals surface area contributed by atoms with Crippen LogP contribution in [-0.4, -0.2) is 23.2 Å². The second-order valence-corrected chi connectivity index (χ2v) is 6.90. The third kappa shape index (κ3) is 6.28. The van der Waals surface area contributed by atoms with Crippen molar-refractivity contribution in [2.24, 2.45) is 5.10 Å². The van der Waals surface area contributed by atoms with Gasteiger partial charge in [-0.25, -0.2) is 10.2 Å². The number of rotatable bonds is 7. The van der Waals surface area contributed by atoms with Crippen molar-refractivity contribution in [2.45, 2.75) is 6.61 Å². The second kappa shape index (κ2) is 9.80. The fraction of sp³-hybridized carbons (Fsp3) is 0.0625. The normalized spacial score (nSPS) is 12.0. The van der Waals surface area contributed by atoms with Gasteiger partial charge in [0.25, 0.3) is 0 Å². The number of hydrogen-bond acceptors (Lipinski definition) is 5. The van der Waals surface area contributed by atoms with E-state index in [0.717, 1.165) is 10.7 Å². The van der Waals surface area contributed by atoms with Crippen molar-refractivity contribution in [1.29, 1.82) is 0 Å². The van der Waals surface area contributed by atoms with Gasteiger partial charge in [-0.15, -0.1) is 0 Å². The molecule has 0 unspecified atom stereocenters. The van der Waals surface area contributed by atoms with Gasteiger partial charge in [0.05, 0.1) is 16.3 Å². The summed E-state index contributed by atoms with van der Waals surface area (Å²) in [6, 6.07) is 8.13. The SMILES string of the molecule is O=C(O)/C(Cl)=C(Cl)/C=N\NC(=O)c1ccc(COc2ccc(Br)cc2Cl)o1. The summed E-state index contributed by atoms with van der Waals surface area (Å²) in [5.74, 6) is -1.27.